The molecule has 5 nitrogen and oxygen atoms in total. The van der Waals surface area contributed by atoms with Gasteiger partial charge >= 0.3 is 0 Å². The molecule has 0 radical (unpaired) electrons. The summed E-state index contributed by atoms with van der Waals surface area (Å²) in [5, 5.41) is 0. The van der Waals surface area contributed by atoms with E-state index in [4.69, 9.17) is 10.6 Å². The molecule has 4 N–H and O–H groups in total. The molecule has 12 heavy (non-hydrogen) atoms. The zero-order valence-corrected chi connectivity index (χ0v) is 6.92. The van der Waals surface area contributed by atoms with E-state index in [0.717, 1.165) is 31.8 Å². The van der Waals surface area contributed by atoms with Crippen LogP contribution in [0.15, 0.2) is 12.1 Å². The van der Waals surface area contributed by atoms with Crippen LogP contribution in [-0.4, -0.2) is 24.0 Å². The summed E-state index contributed by atoms with van der Waals surface area (Å²) in [5.41, 5.74) is 11.1. The number of nitrogens with one attached hydrogen (secondary N) is 2. The van der Waals surface area contributed by atoms with E-state index < -0.39 is 0 Å². The predicted octanol–water partition coefficient (Wildman–Crippen LogP) is -0.752. The molecule has 1 fully saturated rings. The number of piperidine rings is 1. The summed E-state index contributed by atoms with van der Waals surface area (Å²) >= 11 is 0. The molecule has 0 aromatic heterocycles. The molecule has 2 aliphatic rings. The fraction of sp³-hybridized carbons (Fsp3) is 0.714. The lowest BCUT2D eigenvalue weighted by Gasteiger charge is -2.30. The monoisotopic (exact) mass is 170 g/mol. The summed E-state index contributed by atoms with van der Waals surface area (Å²) < 4.78 is 0. The van der Waals surface area contributed by atoms with Gasteiger partial charge in [0.25, 0.3) is 0 Å². The molecule has 2 rings (SSSR count). The highest BCUT2D eigenvalue weighted by Gasteiger charge is 2.20. The molecule has 0 atom stereocenters. The molecule has 1 saturated heterocycles. The zero-order valence-electron chi connectivity index (χ0n) is 6.92. The second-order valence-electron chi connectivity index (χ2n) is 3.16. The van der Waals surface area contributed by atoms with Gasteiger partial charge in [-0.05, 0) is 12.8 Å². The largest absolute Gasteiger partial charge is 0.369 e. The van der Waals surface area contributed by atoms with Crippen molar-refractivity contribution < 1.29 is 4.84 Å². The molecule has 0 aromatic carbocycles. The van der Waals surface area contributed by atoms with Crippen LogP contribution < -0.4 is 16.7 Å². The lowest BCUT2D eigenvalue weighted by atomic mass is 10.1. The highest BCUT2D eigenvalue weighted by molar-refractivity contribution is 4.95. The summed E-state index contributed by atoms with van der Waals surface area (Å²) in [6.45, 7) is 1.96. The van der Waals surface area contributed by atoms with Crippen LogP contribution in [0.25, 0.3) is 0 Å². The van der Waals surface area contributed by atoms with E-state index in [1.165, 1.54) is 0 Å². The van der Waals surface area contributed by atoms with E-state index in [-0.39, 0.29) is 0 Å². The second-order valence-corrected chi connectivity index (χ2v) is 3.16. The summed E-state index contributed by atoms with van der Waals surface area (Å²) in [5.74, 6) is 0.863. The molecule has 68 valence electrons. The van der Waals surface area contributed by atoms with Crippen LogP contribution in [0.4, 0.5) is 0 Å². The minimum absolute atomic E-state index is 0.365. The maximum absolute atomic E-state index is 5.78. The third-order valence-corrected chi connectivity index (χ3v) is 2.26. The maximum Gasteiger partial charge on any atom is 0.234 e. The Morgan fingerprint density at radius 3 is 2.83 bits per heavy atom. The zero-order chi connectivity index (χ0) is 8.39. The van der Waals surface area contributed by atoms with Crippen molar-refractivity contribution in [1.29, 1.82) is 0 Å². The van der Waals surface area contributed by atoms with E-state index in [1.54, 1.807) is 0 Å². The van der Waals surface area contributed by atoms with E-state index >= 15 is 0 Å². The normalized spacial score (nSPS) is 24.8. The van der Waals surface area contributed by atoms with Crippen LogP contribution in [0.1, 0.15) is 12.8 Å². The number of hydrazine groups is 1. The molecular formula is C7H14N4O. The first-order valence-corrected chi connectivity index (χ1v) is 4.24. The summed E-state index contributed by atoms with van der Waals surface area (Å²) in [6, 6.07) is 0.365. The average Bonchev–Trinajstić information content (AvgIpc) is 2.58. The molecule has 0 aromatic rings. The smallest absolute Gasteiger partial charge is 0.234 e. The summed E-state index contributed by atoms with van der Waals surface area (Å²) in [4.78, 5) is 7.29. The summed E-state index contributed by atoms with van der Waals surface area (Å²) in [7, 11) is 0. The van der Waals surface area contributed by atoms with Crippen molar-refractivity contribution in [2.75, 3.05) is 13.1 Å². The molecule has 2 aliphatic heterocycles. The minimum Gasteiger partial charge on any atom is -0.369 e. The van der Waals surface area contributed by atoms with Crippen molar-refractivity contribution in [3.63, 3.8) is 0 Å². The fourth-order valence-corrected chi connectivity index (χ4v) is 1.48. The van der Waals surface area contributed by atoms with Crippen LogP contribution in [0, 0.1) is 0 Å². The quantitative estimate of drug-likeness (QED) is 0.483. The lowest BCUT2D eigenvalue weighted by molar-refractivity contribution is 0.0430. The molecule has 2 heterocycles. The Morgan fingerprint density at radius 1 is 1.50 bits per heavy atom. The van der Waals surface area contributed by atoms with Crippen molar-refractivity contribution in [3.05, 3.63) is 12.1 Å². The van der Waals surface area contributed by atoms with Gasteiger partial charge < -0.3 is 15.5 Å². The number of nitrogens with zero attached hydrogens (tertiary/aromatic N) is 1. The van der Waals surface area contributed by atoms with E-state index in [1.807, 2.05) is 6.20 Å². The van der Waals surface area contributed by atoms with Gasteiger partial charge in [0.1, 0.15) is 0 Å². The molecule has 0 saturated carbocycles. The fourth-order valence-electron chi connectivity index (χ4n) is 1.48. The van der Waals surface area contributed by atoms with Gasteiger partial charge in [-0.15, -0.1) is 0 Å². The number of likely N-dealkylation sites (tertiary alicyclic amines) is 1. The standard InChI is InChI=1S/C7H14N4O/c8-6-1-3-11(4-2-6)7-5-9-10-12-7/h5-6,9-10H,1-4,8H2. The topological polar surface area (TPSA) is 62.5 Å². The average molecular weight is 170 g/mol. The molecular weight excluding hydrogens is 156 g/mol. The third-order valence-electron chi connectivity index (χ3n) is 2.26. The number of nitrogens with two attached hydrogens (primary N) is 1. The molecule has 0 amide bonds. The summed E-state index contributed by atoms with van der Waals surface area (Å²) in [6.07, 6.45) is 3.90. The Labute approximate surface area is 71.5 Å². The molecule has 5 heteroatoms. The number of rotatable bonds is 1. The maximum atomic E-state index is 5.78. The SMILES string of the molecule is NC1CCN(C2=CNNO2)CC1. The first-order valence-electron chi connectivity index (χ1n) is 4.24. The molecule has 0 bridgehead atoms. The molecule has 0 unspecified atom stereocenters. The van der Waals surface area contributed by atoms with Gasteiger partial charge in [-0.3, -0.25) is 5.43 Å². The Kier molecular flexibility index (Phi) is 2.05. The lowest BCUT2D eigenvalue weighted by Crippen LogP contribution is -2.39. The van der Waals surface area contributed by atoms with Crippen LogP contribution in [0.3, 0.4) is 0 Å². The Morgan fingerprint density at radius 2 is 2.25 bits per heavy atom. The van der Waals surface area contributed by atoms with Crippen molar-refractivity contribution in [1.82, 2.24) is 15.9 Å². The number of hydrogen-bond donors (Lipinski definition) is 3. The van der Waals surface area contributed by atoms with Gasteiger partial charge in [-0.1, -0.05) is 5.59 Å². The first kappa shape index (κ1) is 7.70. The highest BCUT2D eigenvalue weighted by atomic mass is 16.7. The van der Waals surface area contributed by atoms with E-state index in [0.29, 0.717) is 6.04 Å². The van der Waals surface area contributed by atoms with Gasteiger partial charge in [0, 0.05) is 19.1 Å². The second kappa shape index (κ2) is 3.20. The highest BCUT2D eigenvalue weighted by Crippen LogP contribution is 2.14. The van der Waals surface area contributed by atoms with E-state index in [2.05, 4.69) is 15.9 Å². The Hall–Kier alpha value is -0.940. The van der Waals surface area contributed by atoms with Crippen LogP contribution in [0.5, 0.6) is 0 Å². The Balaban J connectivity index is 1.88. The van der Waals surface area contributed by atoms with Gasteiger partial charge in [0.05, 0.1) is 6.20 Å². The van der Waals surface area contributed by atoms with Crippen molar-refractivity contribution in [2.24, 2.45) is 5.73 Å². The molecule has 0 aliphatic carbocycles. The van der Waals surface area contributed by atoms with Crippen LogP contribution >= 0.6 is 0 Å². The van der Waals surface area contributed by atoms with Crippen LogP contribution in [-0.2, 0) is 4.84 Å². The predicted molar refractivity (Wildman–Crippen MR) is 44.2 cm³/mol. The van der Waals surface area contributed by atoms with Crippen molar-refractivity contribution in [3.8, 4) is 0 Å². The molecule has 0 spiro atoms. The third kappa shape index (κ3) is 1.46. The number of hydrogen-bond acceptors (Lipinski definition) is 5. The Bertz CT molecular complexity index is 186. The van der Waals surface area contributed by atoms with Gasteiger partial charge in [-0.2, -0.15) is 0 Å². The van der Waals surface area contributed by atoms with Crippen molar-refractivity contribution >= 4 is 0 Å². The van der Waals surface area contributed by atoms with Gasteiger partial charge in [-0.25, -0.2) is 0 Å². The minimum atomic E-state index is 0.365. The van der Waals surface area contributed by atoms with Crippen molar-refractivity contribution in [2.45, 2.75) is 18.9 Å². The van der Waals surface area contributed by atoms with Crippen LogP contribution in [0.2, 0.25) is 0 Å². The van der Waals surface area contributed by atoms with E-state index in [9.17, 15) is 0 Å². The van der Waals surface area contributed by atoms with Gasteiger partial charge in [0.2, 0.25) is 5.88 Å². The first-order chi connectivity index (χ1) is 5.86. The van der Waals surface area contributed by atoms with Gasteiger partial charge in [0.15, 0.2) is 0 Å².